The molecule has 3 nitrogen and oxygen atoms in total. The van der Waals surface area contributed by atoms with Gasteiger partial charge in [0.25, 0.3) is 0 Å². The quantitative estimate of drug-likeness (QED) is 0.854. The van der Waals surface area contributed by atoms with E-state index in [0.717, 1.165) is 17.8 Å². The molecule has 1 aromatic heterocycles. The van der Waals surface area contributed by atoms with Crippen LogP contribution in [0.1, 0.15) is 11.3 Å². The minimum absolute atomic E-state index is 0.343. The van der Waals surface area contributed by atoms with Crippen LogP contribution in [0, 0.1) is 6.92 Å². The van der Waals surface area contributed by atoms with Gasteiger partial charge in [-0.2, -0.15) is 13.2 Å². The first kappa shape index (κ1) is 14.2. The molecule has 6 heteroatoms. The second-order valence-electron chi connectivity index (χ2n) is 4.35. The van der Waals surface area contributed by atoms with Crippen molar-refractivity contribution in [3.63, 3.8) is 0 Å². The highest BCUT2D eigenvalue weighted by Gasteiger charge is 2.30. The lowest BCUT2D eigenvalue weighted by Crippen LogP contribution is -2.06. The number of nitrogens with zero attached hydrogens (tertiary/aromatic N) is 2. The van der Waals surface area contributed by atoms with Crippen molar-refractivity contribution in [3.8, 4) is 0 Å². The minimum Gasteiger partial charge on any atom is -0.326 e. The van der Waals surface area contributed by atoms with E-state index in [1.807, 2.05) is 6.92 Å². The van der Waals surface area contributed by atoms with E-state index in [-0.39, 0.29) is 0 Å². The summed E-state index contributed by atoms with van der Waals surface area (Å²) < 4.78 is 39.7. The first-order valence-corrected chi connectivity index (χ1v) is 5.99. The van der Waals surface area contributed by atoms with Gasteiger partial charge < -0.3 is 9.88 Å². The van der Waals surface area contributed by atoms with E-state index in [9.17, 15) is 13.2 Å². The zero-order chi connectivity index (χ0) is 14.8. The Morgan fingerprint density at radius 2 is 2.15 bits per heavy atom. The number of rotatable bonds is 4. The fourth-order valence-corrected chi connectivity index (χ4v) is 1.83. The first-order chi connectivity index (χ1) is 9.40. The lowest BCUT2D eigenvalue weighted by molar-refractivity contribution is -0.137. The summed E-state index contributed by atoms with van der Waals surface area (Å²) in [6.45, 7) is 5.98. The summed E-state index contributed by atoms with van der Waals surface area (Å²) >= 11 is 0. The highest BCUT2D eigenvalue weighted by Crippen LogP contribution is 2.31. The van der Waals surface area contributed by atoms with E-state index in [0.29, 0.717) is 18.2 Å². The Bertz CT molecular complexity index is 614. The Kier molecular flexibility index (Phi) is 3.83. The molecule has 20 heavy (non-hydrogen) atoms. The number of aryl methyl sites for hydroxylation is 1. The van der Waals surface area contributed by atoms with Crippen molar-refractivity contribution in [3.05, 3.63) is 54.4 Å². The molecule has 1 aromatic carbocycles. The third-order valence-electron chi connectivity index (χ3n) is 2.67. The summed E-state index contributed by atoms with van der Waals surface area (Å²) in [6.07, 6.45) is -0.861. The average molecular weight is 281 g/mol. The number of hydrogen-bond acceptors (Lipinski definition) is 2. The van der Waals surface area contributed by atoms with Crippen LogP contribution < -0.4 is 5.32 Å². The molecule has 106 valence electrons. The number of halogens is 3. The molecule has 0 bridgehead atoms. The monoisotopic (exact) mass is 281 g/mol. The number of anilines is 2. The molecule has 0 aliphatic heterocycles. The molecule has 0 aliphatic carbocycles. The Labute approximate surface area is 114 Å². The van der Waals surface area contributed by atoms with E-state index in [2.05, 4.69) is 16.9 Å². The predicted octanol–water partition coefficient (Wildman–Crippen LogP) is 4.14. The second-order valence-corrected chi connectivity index (χ2v) is 4.35. The van der Waals surface area contributed by atoms with E-state index in [4.69, 9.17) is 0 Å². The van der Waals surface area contributed by atoms with E-state index < -0.39 is 11.7 Å². The van der Waals surface area contributed by atoms with Crippen LogP contribution in [0.15, 0.2) is 43.1 Å². The molecule has 1 N–H and O–H groups in total. The molecule has 0 aliphatic rings. The van der Waals surface area contributed by atoms with Gasteiger partial charge in [0.15, 0.2) is 0 Å². The van der Waals surface area contributed by atoms with Crippen LogP contribution >= 0.6 is 0 Å². The summed E-state index contributed by atoms with van der Waals surface area (Å²) in [5, 5.41) is 2.89. The smallest absolute Gasteiger partial charge is 0.326 e. The zero-order valence-electron chi connectivity index (χ0n) is 10.9. The molecule has 0 radical (unpaired) electrons. The van der Waals surface area contributed by atoms with E-state index in [1.165, 1.54) is 6.07 Å². The first-order valence-electron chi connectivity index (χ1n) is 5.99. The number of nitrogens with one attached hydrogen (secondary N) is 1. The van der Waals surface area contributed by atoms with Crippen LogP contribution in [0.4, 0.5) is 24.8 Å². The highest BCUT2D eigenvalue weighted by molar-refractivity contribution is 5.55. The van der Waals surface area contributed by atoms with Crippen molar-refractivity contribution in [1.29, 1.82) is 0 Å². The molecule has 2 rings (SSSR count). The maximum Gasteiger partial charge on any atom is 0.416 e. The maximum absolute atomic E-state index is 12.6. The molecule has 0 atom stereocenters. The Hall–Kier alpha value is -2.24. The average Bonchev–Trinajstić information content (AvgIpc) is 2.69. The summed E-state index contributed by atoms with van der Waals surface area (Å²) in [5.41, 5.74) is 0.429. The molecular weight excluding hydrogens is 267 g/mol. The van der Waals surface area contributed by atoms with Gasteiger partial charge in [0, 0.05) is 18.4 Å². The lowest BCUT2D eigenvalue weighted by Gasteiger charge is -2.11. The molecule has 0 saturated carbocycles. The predicted molar refractivity (Wildman–Crippen MR) is 71.9 cm³/mol. The number of imidazole rings is 1. The normalized spacial score (nSPS) is 11.4. The standard InChI is InChI=1S/C14H14F3N3/c1-3-7-20-9-10(2)18-13(20)19-12-6-4-5-11(8-12)14(15,16)17/h3-6,8-9H,1,7H2,2H3,(H,18,19). The topological polar surface area (TPSA) is 29.9 Å². The van der Waals surface area contributed by atoms with Gasteiger partial charge in [0.2, 0.25) is 5.95 Å². The maximum atomic E-state index is 12.6. The summed E-state index contributed by atoms with van der Waals surface area (Å²) in [5.74, 6) is 0.488. The van der Waals surface area contributed by atoms with Crippen molar-refractivity contribution in [2.75, 3.05) is 5.32 Å². The minimum atomic E-state index is -4.36. The number of hydrogen-bond donors (Lipinski definition) is 1. The number of aromatic nitrogens is 2. The summed E-state index contributed by atoms with van der Waals surface area (Å²) in [6, 6.07) is 5.02. The van der Waals surface area contributed by atoms with E-state index >= 15 is 0 Å². The Morgan fingerprint density at radius 3 is 2.80 bits per heavy atom. The second kappa shape index (κ2) is 5.40. The molecular formula is C14H14F3N3. The highest BCUT2D eigenvalue weighted by atomic mass is 19.4. The summed E-state index contributed by atoms with van der Waals surface area (Å²) in [4.78, 5) is 4.24. The van der Waals surface area contributed by atoms with Crippen molar-refractivity contribution < 1.29 is 13.2 Å². The van der Waals surface area contributed by atoms with Crippen LogP contribution in [-0.2, 0) is 12.7 Å². The van der Waals surface area contributed by atoms with Crippen LogP contribution in [0.25, 0.3) is 0 Å². The van der Waals surface area contributed by atoms with Crippen LogP contribution in [0.2, 0.25) is 0 Å². The van der Waals surface area contributed by atoms with Crippen LogP contribution in [-0.4, -0.2) is 9.55 Å². The van der Waals surface area contributed by atoms with Crippen LogP contribution in [0.5, 0.6) is 0 Å². The third kappa shape index (κ3) is 3.20. The SMILES string of the molecule is C=CCn1cc(C)nc1Nc1cccc(C(F)(F)F)c1. The van der Waals surface area contributed by atoms with Crippen LogP contribution in [0.3, 0.4) is 0 Å². The van der Waals surface area contributed by atoms with Gasteiger partial charge in [-0.25, -0.2) is 4.98 Å². The zero-order valence-corrected chi connectivity index (χ0v) is 10.9. The molecule has 0 amide bonds. The molecule has 0 unspecified atom stereocenters. The molecule has 2 aromatic rings. The van der Waals surface area contributed by atoms with Gasteiger partial charge in [-0.3, -0.25) is 0 Å². The van der Waals surface area contributed by atoms with Gasteiger partial charge in [-0.05, 0) is 25.1 Å². The molecule has 1 heterocycles. The van der Waals surface area contributed by atoms with Crippen molar-refractivity contribution in [2.45, 2.75) is 19.6 Å². The van der Waals surface area contributed by atoms with Crippen molar-refractivity contribution >= 4 is 11.6 Å². The Balaban J connectivity index is 2.28. The fourth-order valence-electron chi connectivity index (χ4n) is 1.83. The summed E-state index contributed by atoms with van der Waals surface area (Å²) in [7, 11) is 0. The molecule has 0 spiro atoms. The van der Waals surface area contributed by atoms with Crippen molar-refractivity contribution in [2.24, 2.45) is 0 Å². The fraction of sp³-hybridized carbons (Fsp3) is 0.214. The van der Waals surface area contributed by atoms with Gasteiger partial charge in [-0.15, -0.1) is 6.58 Å². The van der Waals surface area contributed by atoms with Gasteiger partial charge >= 0.3 is 6.18 Å². The van der Waals surface area contributed by atoms with Gasteiger partial charge in [-0.1, -0.05) is 12.1 Å². The largest absolute Gasteiger partial charge is 0.416 e. The van der Waals surface area contributed by atoms with Gasteiger partial charge in [0.05, 0.1) is 11.3 Å². The lowest BCUT2D eigenvalue weighted by atomic mass is 10.2. The van der Waals surface area contributed by atoms with Crippen molar-refractivity contribution in [1.82, 2.24) is 9.55 Å². The molecule has 0 fully saturated rings. The Morgan fingerprint density at radius 1 is 1.40 bits per heavy atom. The number of allylic oxidation sites excluding steroid dienone is 1. The number of benzene rings is 1. The van der Waals surface area contributed by atoms with E-state index in [1.54, 1.807) is 22.9 Å². The number of alkyl halides is 3. The van der Waals surface area contributed by atoms with Gasteiger partial charge in [0.1, 0.15) is 0 Å². The molecule has 0 saturated heterocycles. The third-order valence-corrected chi connectivity index (χ3v) is 2.67.